The van der Waals surface area contributed by atoms with Crippen LogP contribution in [0.2, 0.25) is 8.67 Å². The summed E-state index contributed by atoms with van der Waals surface area (Å²) < 4.78 is 6.85. The van der Waals surface area contributed by atoms with Gasteiger partial charge in [-0.2, -0.15) is 0 Å². The van der Waals surface area contributed by atoms with Gasteiger partial charge >= 0.3 is 0 Å². The van der Waals surface area contributed by atoms with Crippen LogP contribution >= 0.6 is 34.5 Å². The van der Waals surface area contributed by atoms with Crippen molar-refractivity contribution in [3.63, 3.8) is 0 Å². The number of carbonyl (C=O) groups is 1. The average Bonchev–Trinajstić information content (AvgIpc) is 3.15. The highest BCUT2D eigenvalue weighted by molar-refractivity contribution is 7.20. The Morgan fingerprint density at radius 1 is 1.39 bits per heavy atom. The van der Waals surface area contributed by atoms with Crippen LogP contribution in [0.25, 0.3) is 0 Å². The van der Waals surface area contributed by atoms with Gasteiger partial charge in [0.25, 0.3) is 5.91 Å². The number of hydrogen-bond acceptors (Lipinski definition) is 4. The minimum atomic E-state index is -0.256. The van der Waals surface area contributed by atoms with Crippen molar-refractivity contribution >= 4 is 40.4 Å². The Labute approximate surface area is 148 Å². The van der Waals surface area contributed by atoms with Gasteiger partial charge in [-0.05, 0) is 37.8 Å². The van der Waals surface area contributed by atoms with Crippen LogP contribution in [0.4, 0.5) is 0 Å². The predicted octanol–water partition coefficient (Wildman–Crippen LogP) is 4.70. The smallest absolute Gasteiger partial charge is 0.253 e. The zero-order valence-corrected chi connectivity index (χ0v) is 14.7. The van der Waals surface area contributed by atoms with Gasteiger partial charge in [-0.15, -0.1) is 11.3 Å². The number of nitrogens with one attached hydrogen (secondary N) is 1. The summed E-state index contributed by atoms with van der Waals surface area (Å²) in [4.78, 5) is 16.5. The number of rotatable bonds is 5. The third-order valence-electron chi connectivity index (χ3n) is 3.77. The van der Waals surface area contributed by atoms with Crippen LogP contribution in [-0.4, -0.2) is 17.0 Å². The molecule has 0 radical (unpaired) electrons. The third kappa shape index (κ3) is 4.16. The van der Waals surface area contributed by atoms with Gasteiger partial charge in [0.1, 0.15) is 10.4 Å². The minimum Gasteiger partial charge on any atom is -0.474 e. The van der Waals surface area contributed by atoms with Crippen molar-refractivity contribution in [2.75, 3.05) is 0 Å². The quantitative estimate of drug-likeness (QED) is 0.829. The van der Waals surface area contributed by atoms with Gasteiger partial charge in [0, 0.05) is 18.3 Å². The summed E-state index contributed by atoms with van der Waals surface area (Å²) in [5.74, 6) is 0.336. The topological polar surface area (TPSA) is 51.2 Å². The first-order chi connectivity index (χ1) is 11.1. The van der Waals surface area contributed by atoms with E-state index in [0.717, 1.165) is 18.4 Å². The maximum Gasteiger partial charge on any atom is 0.253 e. The monoisotopic (exact) mass is 370 g/mol. The second kappa shape index (κ2) is 7.51. The Kier molecular flexibility index (Phi) is 5.41. The SMILES string of the molecule is O=C(NCc1cccnc1OC1CCCC1)c1cc(Cl)sc1Cl. The van der Waals surface area contributed by atoms with Crippen molar-refractivity contribution in [1.82, 2.24) is 10.3 Å². The molecule has 1 fully saturated rings. The van der Waals surface area contributed by atoms with E-state index in [1.54, 1.807) is 12.3 Å². The van der Waals surface area contributed by atoms with E-state index < -0.39 is 0 Å². The van der Waals surface area contributed by atoms with Crippen molar-refractivity contribution in [3.05, 3.63) is 44.2 Å². The van der Waals surface area contributed by atoms with Crippen LogP contribution in [0.5, 0.6) is 5.88 Å². The van der Waals surface area contributed by atoms with E-state index in [1.807, 2.05) is 12.1 Å². The molecule has 4 nitrogen and oxygen atoms in total. The molecule has 2 aromatic heterocycles. The number of pyridine rings is 1. The van der Waals surface area contributed by atoms with E-state index in [1.165, 1.54) is 24.2 Å². The first-order valence-corrected chi connectivity index (χ1v) is 9.04. The zero-order chi connectivity index (χ0) is 16.2. The minimum absolute atomic E-state index is 0.226. The number of ether oxygens (including phenoxy) is 1. The highest BCUT2D eigenvalue weighted by Gasteiger charge is 2.19. The average molecular weight is 371 g/mol. The highest BCUT2D eigenvalue weighted by atomic mass is 35.5. The van der Waals surface area contributed by atoms with Crippen LogP contribution < -0.4 is 10.1 Å². The number of thiophene rings is 1. The van der Waals surface area contributed by atoms with Crippen molar-refractivity contribution in [2.24, 2.45) is 0 Å². The Bertz CT molecular complexity index is 699. The fourth-order valence-electron chi connectivity index (χ4n) is 2.59. The molecule has 23 heavy (non-hydrogen) atoms. The summed E-state index contributed by atoms with van der Waals surface area (Å²) in [6, 6.07) is 5.31. The van der Waals surface area contributed by atoms with E-state index in [9.17, 15) is 4.79 Å². The Hall–Kier alpha value is -1.30. The molecule has 0 bridgehead atoms. The van der Waals surface area contributed by atoms with Gasteiger partial charge in [-0.3, -0.25) is 4.79 Å². The summed E-state index contributed by atoms with van der Waals surface area (Å²) in [5.41, 5.74) is 1.24. The molecule has 122 valence electrons. The molecule has 0 unspecified atom stereocenters. The molecule has 0 saturated heterocycles. The largest absolute Gasteiger partial charge is 0.474 e. The molecule has 7 heteroatoms. The molecule has 1 amide bonds. The molecular formula is C16H16Cl2N2O2S. The van der Waals surface area contributed by atoms with Gasteiger partial charge in [0.05, 0.1) is 9.90 Å². The lowest BCUT2D eigenvalue weighted by Gasteiger charge is -2.15. The van der Waals surface area contributed by atoms with Crippen molar-refractivity contribution < 1.29 is 9.53 Å². The lowest BCUT2D eigenvalue weighted by Crippen LogP contribution is -2.23. The molecule has 3 rings (SSSR count). The van der Waals surface area contributed by atoms with Crippen LogP contribution in [-0.2, 0) is 6.54 Å². The molecule has 2 aromatic rings. The molecular weight excluding hydrogens is 355 g/mol. The van der Waals surface area contributed by atoms with Crippen LogP contribution in [0, 0.1) is 0 Å². The molecule has 1 aliphatic carbocycles. The van der Waals surface area contributed by atoms with Gasteiger partial charge in [0.15, 0.2) is 0 Å². The molecule has 0 atom stereocenters. The summed E-state index contributed by atoms with van der Waals surface area (Å²) >= 11 is 13.1. The maximum absolute atomic E-state index is 12.2. The highest BCUT2D eigenvalue weighted by Crippen LogP contribution is 2.31. The molecule has 0 aromatic carbocycles. The Morgan fingerprint density at radius 2 is 2.17 bits per heavy atom. The Morgan fingerprint density at radius 3 is 2.87 bits per heavy atom. The summed E-state index contributed by atoms with van der Waals surface area (Å²) in [5, 5.41) is 2.84. The van der Waals surface area contributed by atoms with Crippen LogP contribution in [0.15, 0.2) is 24.4 Å². The van der Waals surface area contributed by atoms with Crippen LogP contribution in [0.3, 0.4) is 0 Å². The Balaban J connectivity index is 1.65. The molecule has 0 aliphatic heterocycles. The van der Waals surface area contributed by atoms with Gasteiger partial charge in [-0.25, -0.2) is 4.98 Å². The van der Waals surface area contributed by atoms with Gasteiger partial charge in [0.2, 0.25) is 5.88 Å². The van der Waals surface area contributed by atoms with E-state index >= 15 is 0 Å². The summed E-state index contributed by atoms with van der Waals surface area (Å²) in [6.07, 6.45) is 6.44. The normalized spacial score (nSPS) is 14.9. The second-order valence-electron chi connectivity index (χ2n) is 5.41. The molecule has 2 heterocycles. The van der Waals surface area contributed by atoms with Crippen molar-refractivity contribution in [1.29, 1.82) is 0 Å². The summed E-state index contributed by atoms with van der Waals surface area (Å²) in [6.45, 7) is 0.332. The second-order valence-corrected chi connectivity index (χ2v) is 7.70. The van der Waals surface area contributed by atoms with Crippen LogP contribution in [0.1, 0.15) is 41.6 Å². The fourth-order valence-corrected chi connectivity index (χ4v) is 4.05. The number of halogens is 2. The van der Waals surface area contributed by atoms with Crippen molar-refractivity contribution in [2.45, 2.75) is 38.3 Å². The first kappa shape index (κ1) is 16.6. The third-order valence-corrected chi connectivity index (χ3v) is 5.26. The van der Waals surface area contributed by atoms with Gasteiger partial charge < -0.3 is 10.1 Å². The molecule has 0 spiro atoms. The fraction of sp³-hybridized carbons (Fsp3) is 0.375. The number of hydrogen-bond donors (Lipinski definition) is 1. The zero-order valence-electron chi connectivity index (χ0n) is 12.4. The lowest BCUT2D eigenvalue weighted by molar-refractivity contribution is 0.0951. The van der Waals surface area contributed by atoms with Crippen molar-refractivity contribution in [3.8, 4) is 5.88 Å². The molecule has 1 aliphatic rings. The number of amides is 1. The van der Waals surface area contributed by atoms with E-state index in [2.05, 4.69) is 10.3 Å². The molecule has 1 saturated carbocycles. The van der Waals surface area contributed by atoms with E-state index in [-0.39, 0.29) is 12.0 Å². The van der Waals surface area contributed by atoms with E-state index in [4.69, 9.17) is 27.9 Å². The molecule has 1 N–H and O–H groups in total. The summed E-state index contributed by atoms with van der Waals surface area (Å²) in [7, 11) is 0. The number of nitrogens with zero attached hydrogens (tertiary/aromatic N) is 1. The van der Waals surface area contributed by atoms with E-state index in [0.29, 0.717) is 26.7 Å². The number of carbonyl (C=O) groups excluding carboxylic acids is 1. The standard InChI is InChI=1S/C16H16Cl2N2O2S/c17-13-8-12(14(18)23-13)15(21)20-9-10-4-3-7-19-16(10)22-11-5-1-2-6-11/h3-4,7-8,11H,1-2,5-6,9H2,(H,20,21). The lowest BCUT2D eigenvalue weighted by atomic mass is 10.2. The first-order valence-electron chi connectivity index (χ1n) is 7.47. The van der Waals surface area contributed by atoms with Gasteiger partial charge in [-0.1, -0.05) is 29.3 Å². The number of aromatic nitrogens is 1. The maximum atomic E-state index is 12.2. The predicted molar refractivity (Wildman–Crippen MR) is 92.6 cm³/mol.